The summed E-state index contributed by atoms with van der Waals surface area (Å²) in [4.78, 5) is 11.3. The SMILES string of the molecule is CCOC1C(=O)CC1Oc1ccccc1I. The Balaban J connectivity index is 2.01. The molecule has 1 aromatic carbocycles. The van der Waals surface area contributed by atoms with Gasteiger partial charge in [0.2, 0.25) is 0 Å². The van der Waals surface area contributed by atoms with Crippen molar-refractivity contribution >= 4 is 28.4 Å². The molecule has 1 aromatic rings. The molecule has 0 radical (unpaired) electrons. The van der Waals surface area contributed by atoms with Gasteiger partial charge in [-0.3, -0.25) is 4.79 Å². The summed E-state index contributed by atoms with van der Waals surface area (Å²) in [6.07, 6.45) is -0.0419. The van der Waals surface area contributed by atoms with Crippen LogP contribution < -0.4 is 4.74 Å². The van der Waals surface area contributed by atoms with E-state index in [0.29, 0.717) is 13.0 Å². The number of carbonyl (C=O) groups is 1. The summed E-state index contributed by atoms with van der Waals surface area (Å²) in [5.74, 6) is 0.961. The summed E-state index contributed by atoms with van der Waals surface area (Å²) >= 11 is 2.22. The summed E-state index contributed by atoms with van der Waals surface area (Å²) in [6, 6.07) is 7.77. The predicted octanol–water partition coefficient (Wildman–Crippen LogP) is 2.42. The van der Waals surface area contributed by atoms with Gasteiger partial charge in [-0.25, -0.2) is 0 Å². The van der Waals surface area contributed by atoms with Crippen LogP contribution in [0.4, 0.5) is 0 Å². The van der Waals surface area contributed by atoms with Gasteiger partial charge < -0.3 is 9.47 Å². The van der Waals surface area contributed by atoms with Gasteiger partial charge in [0.1, 0.15) is 11.9 Å². The maximum absolute atomic E-state index is 11.3. The highest BCUT2D eigenvalue weighted by atomic mass is 127. The first-order valence-corrected chi connectivity index (χ1v) is 6.35. The lowest BCUT2D eigenvalue weighted by atomic mass is 9.90. The summed E-state index contributed by atoms with van der Waals surface area (Å²) in [5.41, 5.74) is 0. The van der Waals surface area contributed by atoms with Crippen LogP contribution in [0.1, 0.15) is 13.3 Å². The summed E-state index contributed by atoms with van der Waals surface area (Å²) in [5, 5.41) is 0. The Bertz CT molecular complexity index is 392. The fourth-order valence-corrected chi connectivity index (χ4v) is 2.17. The van der Waals surface area contributed by atoms with Gasteiger partial charge in [0.15, 0.2) is 11.9 Å². The zero-order valence-corrected chi connectivity index (χ0v) is 11.1. The fourth-order valence-electron chi connectivity index (χ4n) is 1.66. The molecule has 2 atom stereocenters. The van der Waals surface area contributed by atoms with Crippen LogP contribution in [0.3, 0.4) is 0 Å². The molecule has 1 aliphatic carbocycles. The Morgan fingerprint density at radius 3 is 2.81 bits per heavy atom. The molecule has 0 aliphatic heterocycles. The van der Waals surface area contributed by atoms with Crippen molar-refractivity contribution in [3.05, 3.63) is 27.8 Å². The van der Waals surface area contributed by atoms with Crippen LogP contribution in [0.5, 0.6) is 5.75 Å². The molecule has 3 nitrogen and oxygen atoms in total. The van der Waals surface area contributed by atoms with Crippen molar-refractivity contribution < 1.29 is 14.3 Å². The van der Waals surface area contributed by atoms with E-state index < -0.39 is 0 Å². The van der Waals surface area contributed by atoms with Crippen LogP contribution in [-0.2, 0) is 9.53 Å². The average Bonchev–Trinajstić information content (AvgIpc) is 2.28. The molecule has 1 saturated carbocycles. The van der Waals surface area contributed by atoms with E-state index in [1.807, 2.05) is 31.2 Å². The molecule has 0 saturated heterocycles. The third kappa shape index (κ3) is 2.38. The van der Waals surface area contributed by atoms with Gasteiger partial charge in [0, 0.05) is 13.0 Å². The fraction of sp³-hybridized carbons (Fsp3) is 0.417. The first-order chi connectivity index (χ1) is 7.72. The quantitative estimate of drug-likeness (QED) is 0.795. The van der Waals surface area contributed by atoms with Crippen molar-refractivity contribution in [1.82, 2.24) is 0 Å². The maximum Gasteiger partial charge on any atom is 0.169 e. The van der Waals surface area contributed by atoms with Crippen molar-refractivity contribution in [1.29, 1.82) is 0 Å². The summed E-state index contributed by atoms with van der Waals surface area (Å²) in [6.45, 7) is 2.43. The Kier molecular flexibility index (Phi) is 3.81. The number of hydrogen-bond donors (Lipinski definition) is 0. The molecule has 86 valence electrons. The van der Waals surface area contributed by atoms with Gasteiger partial charge in [-0.1, -0.05) is 12.1 Å². The van der Waals surface area contributed by atoms with E-state index in [-0.39, 0.29) is 18.0 Å². The first kappa shape index (κ1) is 11.9. The van der Waals surface area contributed by atoms with Crippen LogP contribution >= 0.6 is 22.6 Å². The van der Waals surface area contributed by atoms with Crippen molar-refractivity contribution in [2.24, 2.45) is 0 Å². The number of ether oxygens (including phenoxy) is 2. The van der Waals surface area contributed by atoms with Gasteiger partial charge in [0.25, 0.3) is 0 Å². The van der Waals surface area contributed by atoms with E-state index in [1.165, 1.54) is 0 Å². The lowest BCUT2D eigenvalue weighted by Crippen LogP contribution is -2.52. The monoisotopic (exact) mass is 332 g/mol. The van der Waals surface area contributed by atoms with E-state index in [2.05, 4.69) is 22.6 Å². The van der Waals surface area contributed by atoms with Crippen molar-refractivity contribution in [2.75, 3.05) is 6.61 Å². The lowest BCUT2D eigenvalue weighted by molar-refractivity contribution is -0.154. The molecule has 4 heteroatoms. The summed E-state index contributed by atoms with van der Waals surface area (Å²) < 4.78 is 12.2. The second-order valence-electron chi connectivity index (χ2n) is 3.63. The number of ketones is 1. The molecule has 1 aliphatic rings. The van der Waals surface area contributed by atoms with E-state index in [9.17, 15) is 4.79 Å². The molecule has 0 heterocycles. The van der Waals surface area contributed by atoms with Crippen LogP contribution in [0.25, 0.3) is 0 Å². The number of para-hydroxylation sites is 1. The molecule has 0 N–H and O–H groups in total. The van der Waals surface area contributed by atoms with Gasteiger partial charge in [0.05, 0.1) is 3.57 Å². The highest BCUT2D eigenvalue weighted by Gasteiger charge is 2.42. The molecule has 0 aromatic heterocycles. The maximum atomic E-state index is 11.3. The Hall–Kier alpha value is -0.620. The predicted molar refractivity (Wildman–Crippen MR) is 68.6 cm³/mol. The smallest absolute Gasteiger partial charge is 0.169 e. The van der Waals surface area contributed by atoms with Crippen LogP contribution in [0.15, 0.2) is 24.3 Å². The first-order valence-electron chi connectivity index (χ1n) is 5.28. The van der Waals surface area contributed by atoms with Gasteiger partial charge >= 0.3 is 0 Å². The van der Waals surface area contributed by atoms with Crippen LogP contribution in [0, 0.1) is 3.57 Å². The van der Waals surface area contributed by atoms with Crippen molar-refractivity contribution in [2.45, 2.75) is 25.6 Å². The van der Waals surface area contributed by atoms with E-state index in [0.717, 1.165) is 9.32 Å². The molecule has 1 fully saturated rings. The number of hydrogen-bond acceptors (Lipinski definition) is 3. The number of rotatable bonds is 4. The van der Waals surface area contributed by atoms with E-state index in [4.69, 9.17) is 9.47 Å². The standard InChI is InChI=1S/C12H13IO3/c1-2-15-12-9(14)7-11(12)16-10-6-4-3-5-8(10)13/h3-6,11-12H,2,7H2,1H3. The molecule has 0 bridgehead atoms. The highest BCUT2D eigenvalue weighted by molar-refractivity contribution is 14.1. The van der Waals surface area contributed by atoms with Gasteiger partial charge in [-0.05, 0) is 41.6 Å². The van der Waals surface area contributed by atoms with Crippen LogP contribution in [-0.4, -0.2) is 24.6 Å². The zero-order valence-electron chi connectivity index (χ0n) is 8.98. The Morgan fingerprint density at radius 1 is 1.44 bits per heavy atom. The van der Waals surface area contributed by atoms with E-state index in [1.54, 1.807) is 0 Å². The van der Waals surface area contributed by atoms with Gasteiger partial charge in [-0.15, -0.1) is 0 Å². The molecule has 0 spiro atoms. The normalized spacial score (nSPS) is 24.0. The Labute approximate surface area is 108 Å². The second kappa shape index (κ2) is 5.14. The third-order valence-corrected chi connectivity index (χ3v) is 3.41. The minimum absolute atomic E-state index is 0.122. The van der Waals surface area contributed by atoms with Crippen LogP contribution in [0.2, 0.25) is 0 Å². The zero-order chi connectivity index (χ0) is 11.5. The summed E-state index contributed by atoms with van der Waals surface area (Å²) in [7, 11) is 0. The van der Waals surface area contributed by atoms with Crippen molar-refractivity contribution in [3.8, 4) is 5.75 Å². The molecular weight excluding hydrogens is 319 g/mol. The number of Topliss-reactive ketones (excluding diaryl/α,β-unsaturated/α-hetero) is 1. The Morgan fingerprint density at radius 2 is 2.19 bits per heavy atom. The molecule has 16 heavy (non-hydrogen) atoms. The average molecular weight is 332 g/mol. The lowest BCUT2D eigenvalue weighted by Gasteiger charge is -2.34. The molecular formula is C12H13IO3. The molecule has 2 rings (SSSR count). The highest BCUT2D eigenvalue weighted by Crippen LogP contribution is 2.28. The van der Waals surface area contributed by atoms with E-state index >= 15 is 0 Å². The minimum atomic E-state index is -0.374. The number of halogens is 1. The number of benzene rings is 1. The topological polar surface area (TPSA) is 35.5 Å². The van der Waals surface area contributed by atoms with Gasteiger partial charge in [-0.2, -0.15) is 0 Å². The van der Waals surface area contributed by atoms with Crippen molar-refractivity contribution in [3.63, 3.8) is 0 Å². The second-order valence-corrected chi connectivity index (χ2v) is 4.80. The minimum Gasteiger partial charge on any atom is -0.486 e. The number of carbonyl (C=O) groups excluding carboxylic acids is 1. The molecule has 0 amide bonds. The third-order valence-electron chi connectivity index (χ3n) is 2.52. The largest absolute Gasteiger partial charge is 0.486 e. The molecule has 2 unspecified atom stereocenters.